The third-order valence-corrected chi connectivity index (χ3v) is 8.24. The lowest BCUT2D eigenvalue weighted by Gasteiger charge is -2.44. The van der Waals surface area contributed by atoms with Gasteiger partial charge in [0.1, 0.15) is 0 Å². The van der Waals surface area contributed by atoms with Crippen LogP contribution in [0.1, 0.15) is 59.9 Å². The highest BCUT2D eigenvalue weighted by Gasteiger charge is 2.42. The van der Waals surface area contributed by atoms with Crippen LogP contribution >= 0.6 is 0 Å². The number of ketones is 1. The average Bonchev–Trinajstić information content (AvgIpc) is 3.18. The summed E-state index contributed by atoms with van der Waals surface area (Å²) in [7, 11) is 0. The molecule has 1 aromatic heterocycles. The molecule has 2 aromatic carbocycles. The predicted octanol–water partition coefficient (Wildman–Crippen LogP) is 4.31. The fourth-order valence-corrected chi connectivity index (χ4v) is 6.29. The number of anilines is 1. The van der Waals surface area contributed by atoms with E-state index in [1.165, 1.54) is 11.3 Å². The van der Waals surface area contributed by atoms with Crippen LogP contribution in [0.25, 0.3) is 10.9 Å². The minimum atomic E-state index is -0.474. The molecule has 6 rings (SSSR count). The Morgan fingerprint density at radius 2 is 1.86 bits per heavy atom. The maximum absolute atomic E-state index is 14.0. The van der Waals surface area contributed by atoms with Gasteiger partial charge in [-0.05, 0) is 35.7 Å². The molecule has 0 unspecified atom stereocenters. The Bertz CT molecular complexity index is 1370. The molecular formula is C29H32N4O2. The number of hydrogen-bond acceptors (Lipinski definition) is 5. The predicted molar refractivity (Wildman–Crippen MR) is 137 cm³/mol. The fraction of sp³-hybridized carbons (Fsp3) is 0.448. The molecule has 0 amide bonds. The van der Waals surface area contributed by atoms with Crippen molar-refractivity contribution in [3.8, 4) is 6.19 Å². The molecular weight excluding hydrogens is 436 g/mol. The maximum atomic E-state index is 14.0. The number of ether oxygens (including phenoxy) is 1. The molecule has 6 nitrogen and oxygen atoms in total. The van der Waals surface area contributed by atoms with Crippen LogP contribution < -0.4 is 4.90 Å². The molecule has 1 aliphatic carbocycles. The molecule has 3 aromatic rings. The molecule has 0 saturated carbocycles. The van der Waals surface area contributed by atoms with E-state index in [2.05, 4.69) is 48.9 Å². The molecule has 35 heavy (non-hydrogen) atoms. The SMILES string of the molecule is CCCc1cc2c(cc1N1CCN(C3COC3)CC1)C(C)(C)c1c(c3ccccc3n1C#N)C2=O. The van der Waals surface area contributed by atoms with E-state index >= 15 is 0 Å². The van der Waals surface area contributed by atoms with Crippen LogP contribution in [0.3, 0.4) is 0 Å². The van der Waals surface area contributed by atoms with Gasteiger partial charge in [-0.25, -0.2) is 4.57 Å². The molecule has 0 spiro atoms. The van der Waals surface area contributed by atoms with E-state index in [4.69, 9.17) is 4.74 Å². The van der Waals surface area contributed by atoms with Crippen molar-refractivity contribution in [1.82, 2.24) is 9.47 Å². The maximum Gasteiger partial charge on any atom is 0.195 e. The number of nitriles is 1. The number of fused-ring (bicyclic) bond motifs is 4. The molecule has 3 aliphatic rings. The first kappa shape index (κ1) is 22.3. The normalized spacial score (nSPS) is 19.8. The van der Waals surface area contributed by atoms with E-state index in [9.17, 15) is 10.1 Å². The van der Waals surface area contributed by atoms with Crippen molar-refractivity contribution in [2.24, 2.45) is 0 Å². The Kier molecular flexibility index (Phi) is 5.24. The van der Waals surface area contributed by atoms with E-state index in [0.717, 1.165) is 80.0 Å². The largest absolute Gasteiger partial charge is 0.378 e. The van der Waals surface area contributed by atoms with Crippen molar-refractivity contribution in [2.45, 2.75) is 45.1 Å². The minimum absolute atomic E-state index is 0.0400. The molecule has 0 N–H and O–H groups in total. The molecule has 2 fully saturated rings. The quantitative estimate of drug-likeness (QED) is 0.571. The zero-order valence-electron chi connectivity index (χ0n) is 20.8. The highest BCUT2D eigenvalue weighted by atomic mass is 16.5. The summed E-state index contributed by atoms with van der Waals surface area (Å²) in [6.07, 6.45) is 4.33. The van der Waals surface area contributed by atoms with Crippen molar-refractivity contribution in [2.75, 3.05) is 44.3 Å². The number of carbonyl (C=O) groups is 1. The summed E-state index contributed by atoms with van der Waals surface area (Å²) < 4.78 is 7.07. The highest BCUT2D eigenvalue weighted by Crippen LogP contribution is 2.47. The standard InChI is InChI=1S/C29H32N4O2/c1-4-7-19-14-22-23(15-25(19)32-12-10-31(11-13-32)20-16-35-17-20)29(2,3)28-26(27(22)34)21-8-5-6-9-24(21)33(28)18-30/h5-6,8-9,14-15,20H,4,7,10-13,16-17H2,1-3H3. The number of hydrogen-bond donors (Lipinski definition) is 0. The molecule has 2 saturated heterocycles. The molecule has 6 heteroatoms. The second-order valence-corrected chi connectivity index (χ2v) is 10.6. The Balaban J connectivity index is 1.47. The number of benzene rings is 2. The molecule has 0 radical (unpaired) electrons. The van der Waals surface area contributed by atoms with Gasteiger partial charge in [-0.1, -0.05) is 45.4 Å². The summed E-state index contributed by atoms with van der Waals surface area (Å²) in [5.74, 6) is 0.0400. The van der Waals surface area contributed by atoms with Crippen LogP contribution in [0.15, 0.2) is 36.4 Å². The Morgan fingerprint density at radius 3 is 2.51 bits per heavy atom. The summed E-state index contributed by atoms with van der Waals surface area (Å²) in [5.41, 5.74) is 6.15. The van der Waals surface area contributed by atoms with Crippen LogP contribution in [0, 0.1) is 11.5 Å². The molecule has 0 atom stereocenters. The minimum Gasteiger partial charge on any atom is -0.378 e. The van der Waals surface area contributed by atoms with E-state index in [-0.39, 0.29) is 5.78 Å². The number of rotatable bonds is 4. The van der Waals surface area contributed by atoms with Crippen LogP contribution in [0.4, 0.5) is 5.69 Å². The summed E-state index contributed by atoms with van der Waals surface area (Å²) in [6.45, 7) is 12.2. The number of aromatic nitrogens is 1. The first-order chi connectivity index (χ1) is 17.0. The fourth-order valence-electron chi connectivity index (χ4n) is 6.29. The van der Waals surface area contributed by atoms with Crippen molar-refractivity contribution < 1.29 is 9.53 Å². The zero-order chi connectivity index (χ0) is 24.3. The van der Waals surface area contributed by atoms with Crippen LogP contribution in [-0.4, -0.2) is 60.7 Å². The molecule has 3 heterocycles. The third kappa shape index (κ3) is 3.26. The molecule has 0 bridgehead atoms. The Labute approximate surface area is 206 Å². The van der Waals surface area contributed by atoms with E-state index < -0.39 is 5.41 Å². The lowest BCUT2D eigenvalue weighted by Crippen LogP contribution is -2.56. The molecule has 180 valence electrons. The van der Waals surface area contributed by atoms with Gasteiger partial charge in [-0.3, -0.25) is 9.69 Å². The van der Waals surface area contributed by atoms with Crippen molar-refractivity contribution in [3.05, 3.63) is 64.3 Å². The second kappa shape index (κ2) is 8.22. The topological polar surface area (TPSA) is 61.5 Å². The van der Waals surface area contributed by atoms with Gasteiger partial charge in [0, 0.05) is 48.2 Å². The van der Waals surface area contributed by atoms with Gasteiger partial charge in [-0.15, -0.1) is 0 Å². The van der Waals surface area contributed by atoms with Crippen LogP contribution in [0.2, 0.25) is 0 Å². The summed E-state index contributed by atoms with van der Waals surface area (Å²) in [5, 5.41) is 11.0. The van der Waals surface area contributed by atoms with Gasteiger partial charge in [0.2, 0.25) is 0 Å². The third-order valence-electron chi connectivity index (χ3n) is 8.24. The van der Waals surface area contributed by atoms with Gasteiger partial charge in [0.25, 0.3) is 0 Å². The number of carbonyl (C=O) groups excluding carboxylic acids is 1. The van der Waals surface area contributed by atoms with Crippen molar-refractivity contribution in [1.29, 1.82) is 5.26 Å². The lowest BCUT2D eigenvalue weighted by atomic mass is 9.70. The van der Waals surface area contributed by atoms with Crippen LogP contribution in [0.5, 0.6) is 0 Å². The summed E-state index contributed by atoms with van der Waals surface area (Å²) in [4.78, 5) is 19.0. The molecule has 2 aliphatic heterocycles. The Morgan fingerprint density at radius 1 is 1.11 bits per heavy atom. The average molecular weight is 469 g/mol. The number of aryl methyl sites for hydroxylation is 1. The Hall–Kier alpha value is -3.14. The van der Waals surface area contributed by atoms with E-state index in [1.807, 2.05) is 24.3 Å². The highest BCUT2D eigenvalue weighted by molar-refractivity contribution is 6.20. The van der Waals surface area contributed by atoms with Crippen molar-refractivity contribution >= 4 is 22.4 Å². The lowest BCUT2D eigenvalue weighted by molar-refractivity contribution is -0.0660. The monoisotopic (exact) mass is 468 g/mol. The van der Waals surface area contributed by atoms with Crippen LogP contribution in [-0.2, 0) is 16.6 Å². The first-order valence-electron chi connectivity index (χ1n) is 12.8. The van der Waals surface area contributed by atoms with Gasteiger partial charge < -0.3 is 9.64 Å². The zero-order valence-corrected chi connectivity index (χ0v) is 20.8. The van der Waals surface area contributed by atoms with Gasteiger partial charge >= 0.3 is 0 Å². The van der Waals surface area contributed by atoms with E-state index in [1.54, 1.807) is 4.57 Å². The van der Waals surface area contributed by atoms with Gasteiger partial charge in [0.05, 0.1) is 36.0 Å². The van der Waals surface area contributed by atoms with E-state index in [0.29, 0.717) is 11.6 Å². The van der Waals surface area contributed by atoms with Crippen molar-refractivity contribution in [3.63, 3.8) is 0 Å². The number of piperazine rings is 1. The van der Waals surface area contributed by atoms with Gasteiger partial charge in [-0.2, -0.15) is 5.26 Å². The first-order valence-corrected chi connectivity index (χ1v) is 12.8. The second-order valence-electron chi connectivity index (χ2n) is 10.6. The summed E-state index contributed by atoms with van der Waals surface area (Å²) in [6, 6.07) is 12.8. The summed E-state index contributed by atoms with van der Waals surface area (Å²) >= 11 is 0. The number of nitrogens with zero attached hydrogens (tertiary/aromatic N) is 4. The smallest absolute Gasteiger partial charge is 0.195 e. The number of para-hydroxylation sites is 1. The van der Waals surface area contributed by atoms with Gasteiger partial charge in [0.15, 0.2) is 12.0 Å².